The van der Waals surface area contributed by atoms with Gasteiger partial charge in [0.25, 0.3) is 0 Å². The SMILES string of the molecule is Cc1ccc(N[C@@H]2CCN(CC(=O)N3C[C@@H](F)C[C@H]3C)C2)c2cccnc12. The van der Waals surface area contributed by atoms with Crippen LogP contribution in [0.5, 0.6) is 0 Å². The molecule has 5 nitrogen and oxygen atoms in total. The monoisotopic (exact) mass is 370 g/mol. The number of carbonyl (C=O) groups is 1. The molecule has 3 atom stereocenters. The van der Waals surface area contributed by atoms with Gasteiger partial charge >= 0.3 is 0 Å². The first kappa shape index (κ1) is 18.2. The predicted molar refractivity (Wildman–Crippen MR) is 106 cm³/mol. The number of aromatic nitrogens is 1. The molecule has 1 N–H and O–H groups in total. The highest BCUT2D eigenvalue weighted by Gasteiger charge is 2.34. The molecule has 0 unspecified atom stereocenters. The van der Waals surface area contributed by atoms with Crippen LogP contribution in [0, 0.1) is 6.92 Å². The summed E-state index contributed by atoms with van der Waals surface area (Å²) in [5.74, 6) is 0.0493. The predicted octanol–water partition coefficient (Wildman–Crippen LogP) is 2.99. The van der Waals surface area contributed by atoms with Gasteiger partial charge in [0.1, 0.15) is 6.17 Å². The highest BCUT2D eigenvalue weighted by molar-refractivity contribution is 5.93. The summed E-state index contributed by atoms with van der Waals surface area (Å²) in [5.41, 5.74) is 3.28. The molecule has 2 saturated heterocycles. The molecule has 1 aromatic heterocycles. The van der Waals surface area contributed by atoms with Crippen molar-refractivity contribution in [3.63, 3.8) is 0 Å². The van der Waals surface area contributed by atoms with Crippen molar-refractivity contribution < 1.29 is 9.18 Å². The van der Waals surface area contributed by atoms with E-state index in [0.29, 0.717) is 19.0 Å². The number of benzene rings is 1. The lowest BCUT2D eigenvalue weighted by Gasteiger charge is -2.24. The van der Waals surface area contributed by atoms with Crippen LogP contribution in [-0.2, 0) is 4.79 Å². The van der Waals surface area contributed by atoms with Crippen LogP contribution in [0.4, 0.5) is 10.1 Å². The summed E-state index contributed by atoms with van der Waals surface area (Å²) in [6.07, 6.45) is 2.40. The molecule has 144 valence electrons. The Morgan fingerprint density at radius 3 is 2.96 bits per heavy atom. The van der Waals surface area contributed by atoms with E-state index < -0.39 is 6.17 Å². The van der Waals surface area contributed by atoms with Crippen molar-refractivity contribution in [2.24, 2.45) is 0 Å². The number of anilines is 1. The third kappa shape index (κ3) is 3.76. The van der Waals surface area contributed by atoms with E-state index in [4.69, 9.17) is 0 Å². The Balaban J connectivity index is 1.38. The summed E-state index contributed by atoms with van der Waals surface area (Å²) in [4.78, 5) is 20.9. The maximum absolute atomic E-state index is 13.5. The standard InChI is InChI=1S/C21H27FN4O/c1-14-5-6-19(18-4-3-8-23-21(14)18)24-17-7-9-25(12-17)13-20(27)26-11-16(22)10-15(26)2/h3-6,8,15-17,24H,7,9-13H2,1-2H3/t15-,16+,17-/m1/s1. The van der Waals surface area contributed by atoms with Crippen LogP contribution in [0.2, 0.25) is 0 Å². The number of hydrogen-bond donors (Lipinski definition) is 1. The second-order valence-electron chi connectivity index (χ2n) is 7.92. The number of amides is 1. The summed E-state index contributed by atoms with van der Waals surface area (Å²) in [6.45, 7) is 6.34. The Hall–Kier alpha value is -2.21. The lowest BCUT2D eigenvalue weighted by molar-refractivity contribution is -0.132. The number of likely N-dealkylation sites (tertiary alicyclic amines) is 2. The van der Waals surface area contributed by atoms with Crippen molar-refractivity contribution in [2.75, 3.05) is 31.5 Å². The number of nitrogens with zero attached hydrogens (tertiary/aromatic N) is 3. The second kappa shape index (κ2) is 7.43. The Labute approximate surface area is 159 Å². The van der Waals surface area contributed by atoms with Crippen LogP contribution in [0.15, 0.2) is 30.5 Å². The molecule has 0 saturated carbocycles. The van der Waals surface area contributed by atoms with Crippen LogP contribution >= 0.6 is 0 Å². The number of rotatable bonds is 4. The molecule has 2 fully saturated rings. The van der Waals surface area contributed by atoms with Gasteiger partial charge in [-0.25, -0.2) is 4.39 Å². The maximum Gasteiger partial charge on any atom is 0.237 e. The highest BCUT2D eigenvalue weighted by Crippen LogP contribution is 2.27. The minimum absolute atomic E-state index is 0.00967. The van der Waals surface area contributed by atoms with E-state index in [2.05, 4.69) is 40.3 Å². The summed E-state index contributed by atoms with van der Waals surface area (Å²) in [5, 5.41) is 4.76. The van der Waals surface area contributed by atoms with E-state index >= 15 is 0 Å². The lowest BCUT2D eigenvalue weighted by Crippen LogP contribution is -2.42. The van der Waals surface area contributed by atoms with Gasteiger partial charge in [-0.3, -0.25) is 14.7 Å². The first-order chi connectivity index (χ1) is 13.0. The van der Waals surface area contributed by atoms with Crippen molar-refractivity contribution in [3.05, 3.63) is 36.0 Å². The molecule has 4 rings (SSSR count). The van der Waals surface area contributed by atoms with Gasteiger partial charge in [0, 0.05) is 48.9 Å². The summed E-state index contributed by atoms with van der Waals surface area (Å²) in [6, 6.07) is 8.57. The van der Waals surface area contributed by atoms with Crippen LogP contribution < -0.4 is 5.32 Å². The summed E-state index contributed by atoms with van der Waals surface area (Å²) in [7, 11) is 0. The van der Waals surface area contributed by atoms with Gasteiger partial charge in [0.2, 0.25) is 5.91 Å². The number of halogens is 1. The number of fused-ring (bicyclic) bond motifs is 1. The third-order valence-corrected chi connectivity index (χ3v) is 5.81. The molecule has 27 heavy (non-hydrogen) atoms. The van der Waals surface area contributed by atoms with Crippen molar-refractivity contribution in [2.45, 2.75) is 44.9 Å². The number of carbonyl (C=O) groups excluding carboxylic acids is 1. The fourth-order valence-corrected chi connectivity index (χ4v) is 4.35. The van der Waals surface area contributed by atoms with Gasteiger partial charge in [-0.1, -0.05) is 6.07 Å². The molecule has 0 aliphatic carbocycles. The first-order valence-corrected chi connectivity index (χ1v) is 9.78. The molecule has 2 aromatic rings. The zero-order valence-electron chi connectivity index (χ0n) is 16.0. The molecular formula is C21H27FN4O. The van der Waals surface area contributed by atoms with E-state index in [1.165, 1.54) is 5.56 Å². The Bertz CT molecular complexity index is 842. The van der Waals surface area contributed by atoms with Crippen molar-refractivity contribution >= 4 is 22.5 Å². The van der Waals surface area contributed by atoms with Crippen LogP contribution in [-0.4, -0.2) is 65.1 Å². The number of alkyl halides is 1. The third-order valence-electron chi connectivity index (χ3n) is 5.81. The zero-order chi connectivity index (χ0) is 19.0. The maximum atomic E-state index is 13.5. The normalized spacial score (nSPS) is 26.0. The quantitative estimate of drug-likeness (QED) is 0.899. The largest absolute Gasteiger partial charge is 0.380 e. The number of pyridine rings is 1. The summed E-state index contributed by atoms with van der Waals surface area (Å²) >= 11 is 0. The lowest BCUT2D eigenvalue weighted by atomic mass is 10.1. The van der Waals surface area contributed by atoms with E-state index in [-0.39, 0.29) is 18.5 Å². The molecule has 2 aliphatic heterocycles. The second-order valence-corrected chi connectivity index (χ2v) is 7.92. The van der Waals surface area contributed by atoms with Crippen molar-refractivity contribution in [1.29, 1.82) is 0 Å². The topological polar surface area (TPSA) is 48.5 Å². The molecule has 3 heterocycles. The van der Waals surface area contributed by atoms with Crippen molar-refractivity contribution in [1.82, 2.24) is 14.8 Å². The van der Waals surface area contributed by atoms with Gasteiger partial charge in [-0.2, -0.15) is 0 Å². The average Bonchev–Trinajstić information content (AvgIpc) is 3.23. The van der Waals surface area contributed by atoms with Crippen molar-refractivity contribution in [3.8, 4) is 0 Å². The highest BCUT2D eigenvalue weighted by atomic mass is 19.1. The molecule has 2 aliphatic rings. The number of aryl methyl sites for hydroxylation is 1. The Morgan fingerprint density at radius 1 is 1.33 bits per heavy atom. The molecular weight excluding hydrogens is 343 g/mol. The Kier molecular flexibility index (Phi) is 5.00. The smallest absolute Gasteiger partial charge is 0.237 e. The van der Waals surface area contributed by atoms with E-state index in [1.54, 1.807) is 4.90 Å². The van der Waals surface area contributed by atoms with E-state index in [1.807, 2.05) is 19.2 Å². The van der Waals surface area contributed by atoms with Gasteiger partial charge in [-0.05, 0) is 44.0 Å². The molecule has 1 aromatic carbocycles. The van der Waals surface area contributed by atoms with Crippen LogP contribution in [0.25, 0.3) is 10.9 Å². The van der Waals surface area contributed by atoms with Gasteiger partial charge in [0.05, 0.1) is 18.6 Å². The summed E-state index contributed by atoms with van der Waals surface area (Å²) < 4.78 is 13.5. The first-order valence-electron chi connectivity index (χ1n) is 9.78. The number of nitrogens with one attached hydrogen (secondary N) is 1. The fourth-order valence-electron chi connectivity index (χ4n) is 4.35. The molecule has 0 spiro atoms. The molecule has 0 bridgehead atoms. The van der Waals surface area contributed by atoms with E-state index in [0.717, 1.165) is 36.1 Å². The van der Waals surface area contributed by atoms with Gasteiger partial charge in [0.15, 0.2) is 0 Å². The Morgan fingerprint density at radius 2 is 2.19 bits per heavy atom. The van der Waals surface area contributed by atoms with Crippen LogP contribution in [0.3, 0.4) is 0 Å². The van der Waals surface area contributed by atoms with Crippen LogP contribution in [0.1, 0.15) is 25.3 Å². The minimum Gasteiger partial charge on any atom is -0.380 e. The van der Waals surface area contributed by atoms with E-state index in [9.17, 15) is 9.18 Å². The number of hydrogen-bond acceptors (Lipinski definition) is 4. The average molecular weight is 370 g/mol. The zero-order valence-corrected chi connectivity index (χ0v) is 16.0. The molecule has 0 radical (unpaired) electrons. The molecule has 1 amide bonds. The molecule has 6 heteroatoms. The van der Waals surface area contributed by atoms with Gasteiger partial charge < -0.3 is 10.2 Å². The minimum atomic E-state index is -0.875. The van der Waals surface area contributed by atoms with Gasteiger partial charge in [-0.15, -0.1) is 0 Å². The fraction of sp³-hybridized carbons (Fsp3) is 0.524.